The number of nitrogens with zero attached hydrogens (tertiary/aromatic N) is 1. The van der Waals surface area contributed by atoms with Crippen molar-refractivity contribution in [2.75, 3.05) is 18.5 Å². The first kappa shape index (κ1) is 21.3. The van der Waals surface area contributed by atoms with Crippen LogP contribution in [0.2, 0.25) is 0 Å². The molecule has 1 atom stereocenters. The zero-order valence-electron chi connectivity index (χ0n) is 17.8. The highest BCUT2D eigenvalue weighted by Crippen LogP contribution is 2.23. The van der Waals surface area contributed by atoms with E-state index in [0.29, 0.717) is 5.11 Å². The van der Waals surface area contributed by atoms with Crippen molar-refractivity contribution >= 4 is 23.0 Å². The SMILES string of the molecule is Cc1ccc(CN(C[C@H]2CCCO2)C(=S)Nc2ccc(Oc3ccccc3)cc2)cc1. The minimum Gasteiger partial charge on any atom is -0.457 e. The minimum absolute atomic E-state index is 0.229. The summed E-state index contributed by atoms with van der Waals surface area (Å²) in [6.07, 6.45) is 2.43. The summed E-state index contributed by atoms with van der Waals surface area (Å²) in [6, 6.07) is 26.2. The molecule has 4 rings (SSSR count). The van der Waals surface area contributed by atoms with Crippen LogP contribution in [-0.2, 0) is 11.3 Å². The monoisotopic (exact) mass is 432 g/mol. The van der Waals surface area contributed by atoms with Gasteiger partial charge in [-0.05, 0) is 73.9 Å². The van der Waals surface area contributed by atoms with Gasteiger partial charge in [-0.1, -0.05) is 48.0 Å². The molecular formula is C26H28N2O2S. The van der Waals surface area contributed by atoms with Crippen LogP contribution in [0.4, 0.5) is 5.69 Å². The third-order valence-electron chi connectivity index (χ3n) is 5.31. The molecule has 0 aliphatic carbocycles. The molecule has 0 radical (unpaired) electrons. The van der Waals surface area contributed by atoms with Crippen LogP contribution in [0.15, 0.2) is 78.9 Å². The molecule has 31 heavy (non-hydrogen) atoms. The van der Waals surface area contributed by atoms with Crippen LogP contribution < -0.4 is 10.1 Å². The maximum atomic E-state index is 5.88. The highest BCUT2D eigenvalue weighted by Gasteiger charge is 2.21. The number of thiocarbonyl (C=S) groups is 1. The van der Waals surface area contributed by atoms with Crippen molar-refractivity contribution in [3.8, 4) is 11.5 Å². The zero-order valence-corrected chi connectivity index (χ0v) is 18.6. The quantitative estimate of drug-likeness (QED) is 0.452. The first-order valence-electron chi connectivity index (χ1n) is 10.7. The van der Waals surface area contributed by atoms with Crippen molar-refractivity contribution in [3.63, 3.8) is 0 Å². The van der Waals surface area contributed by atoms with Crippen molar-refractivity contribution in [2.24, 2.45) is 0 Å². The second-order valence-electron chi connectivity index (χ2n) is 7.87. The van der Waals surface area contributed by atoms with Gasteiger partial charge in [0.05, 0.1) is 6.10 Å². The molecule has 3 aromatic rings. The summed E-state index contributed by atoms with van der Waals surface area (Å²) >= 11 is 5.78. The van der Waals surface area contributed by atoms with E-state index in [-0.39, 0.29) is 6.10 Å². The fraction of sp³-hybridized carbons (Fsp3) is 0.269. The van der Waals surface area contributed by atoms with Gasteiger partial charge in [-0.25, -0.2) is 0 Å². The van der Waals surface area contributed by atoms with Gasteiger partial charge in [0.25, 0.3) is 0 Å². The summed E-state index contributed by atoms with van der Waals surface area (Å²) in [6.45, 7) is 4.48. The van der Waals surface area contributed by atoms with Gasteiger partial charge in [0.2, 0.25) is 0 Å². The van der Waals surface area contributed by atoms with Crippen LogP contribution in [0.25, 0.3) is 0 Å². The molecule has 5 heteroatoms. The fourth-order valence-electron chi connectivity index (χ4n) is 3.60. The molecular weight excluding hydrogens is 404 g/mol. The van der Waals surface area contributed by atoms with Gasteiger partial charge in [0.15, 0.2) is 5.11 Å². The van der Waals surface area contributed by atoms with Crippen LogP contribution in [0.3, 0.4) is 0 Å². The van der Waals surface area contributed by atoms with Gasteiger partial charge in [0, 0.05) is 25.4 Å². The van der Waals surface area contributed by atoms with Crippen molar-refractivity contribution in [1.29, 1.82) is 0 Å². The number of ether oxygens (including phenoxy) is 2. The number of nitrogens with one attached hydrogen (secondary N) is 1. The van der Waals surface area contributed by atoms with E-state index in [1.807, 2.05) is 54.6 Å². The number of para-hydroxylation sites is 1. The summed E-state index contributed by atoms with van der Waals surface area (Å²) in [5.41, 5.74) is 3.43. The average molecular weight is 433 g/mol. The molecule has 160 valence electrons. The molecule has 0 bridgehead atoms. The summed E-state index contributed by atoms with van der Waals surface area (Å²) in [5, 5.41) is 4.09. The number of anilines is 1. The lowest BCUT2D eigenvalue weighted by Crippen LogP contribution is -2.39. The Labute approximate surface area is 189 Å². The van der Waals surface area contributed by atoms with Gasteiger partial charge in [-0.15, -0.1) is 0 Å². The second-order valence-corrected chi connectivity index (χ2v) is 8.26. The third-order valence-corrected chi connectivity index (χ3v) is 5.67. The number of hydrogen-bond donors (Lipinski definition) is 1. The predicted molar refractivity (Wildman–Crippen MR) is 130 cm³/mol. The Morgan fingerprint density at radius 2 is 1.71 bits per heavy atom. The molecule has 0 aromatic heterocycles. The maximum Gasteiger partial charge on any atom is 0.173 e. The summed E-state index contributed by atoms with van der Waals surface area (Å²) < 4.78 is 11.7. The number of benzene rings is 3. The van der Waals surface area contributed by atoms with Gasteiger partial charge >= 0.3 is 0 Å². The molecule has 1 saturated heterocycles. The summed E-state index contributed by atoms with van der Waals surface area (Å²) in [7, 11) is 0. The van der Waals surface area contributed by atoms with E-state index in [4.69, 9.17) is 21.7 Å². The van der Waals surface area contributed by atoms with Crippen LogP contribution in [-0.4, -0.2) is 29.3 Å². The average Bonchev–Trinajstić information content (AvgIpc) is 3.30. The Bertz CT molecular complexity index is 969. The molecule has 1 N–H and O–H groups in total. The largest absolute Gasteiger partial charge is 0.457 e. The van der Waals surface area contributed by atoms with Crippen LogP contribution >= 0.6 is 12.2 Å². The highest BCUT2D eigenvalue weighted by molar-refractivity contribution is 7.80. The Kier molecular flexibility index (Phi) is 7.18. The first-order valence-corrected chi connectivity index (χ1v) is 11.1. The summed E-state index contributed by atoms with van der Waals surface area (Å²) in [5.74, 6) is 1.61. The smallest absolute Gasteiger partial charge is 0.173 e. The first-order chi connectivity index (χ1) is 15.2. The van der Waals surface area contributed by atoms with Gasteiger partial charge in [-0.3, -0.25) is 0 Å². The highest BCUT2D eigenvalue weighted by atomic mass is 32.1. The van der Waals surface area contributed by atoms with Crippen LogP contribution in [0.5, 0.6) is 11.5 Å². The lowest BCUT2D eigenvalue weighted by Gasteiger charge is -2.28. The molecule has 0 spiro atoms. The van der Waals surface area contributed by atoms with Gasteiger partial charge < -0.3 is 19.7 Å². The van der Waals surface area contributed by atoms with E-state index >= 15 is 0 Å². The molecule has 4 nitrogen and oxygen atoms in total. The van der Waals surface area contributed by atoms with Crippen molar-refractivity contribution in [1.82, 2.24) is 4.90 Å². The number of hydrogen-bond acceptors (Lipinski definition) is 3. The molecule has 0 saturated carbocycles. The number of rotatable bonds is 7. The van der Waals surface area contributed by atoms with Crippen molar-refractivity contribution < 1.29 is 9.47 Å². The Balaban J connectivity index is 1.41. The molecule has 0 amide bonds. The van der Waals surface area contributed by atoms with Gasteiger partial charge in [0.1, 0.15) is 11.5 Å². The molecule has 1 fully saturated rings. The lowest BCUT2D eigenvalue weighted by molar-refractivity contribution is 0.0905. The molecule has 0 unspecified atom stereocenters. The van der Waals surface area contributed by atoms with Gasteiger partial charge in [-0.2, -0.15) is 0 Å². The fourth-order valence-corrected chi connectivity index (χ4v) is 3.86. The van der Waals surface area contributed by atoms with Crippen LogP contribution in [0, 0.1) is 6.92 Å². The molecule has 1 aliphatic heterocycles. The molecule has 1 aliphatic rings. The molecule has 3 aromatic carbocycles. The van der Waals surface area contributed by atoms with Crippen molar-refractivity contribution in [3.05, 3.63) is 90.0 Å². The van der Waals surface area contributed by atoms with E-state index in [2.05, 4.69) is 41.4 Å². The lowest BCUT2D eigenvalue weighted by atomic mass is 10.1. The van der Waals surface area contributed by atoms with E-state index in [9.17, 15) is 0 Å². The Morgan fingerprint density at radius 3 is 2.39 bits per heavy atom. The van der Waals surface area contributed by atoms with E-state index in [1.54, 1.807) is 0 Å². The predicted octanol–water partition coefficient (Wildman–Crippen LogP) is 6.17. The second kappa shape index (κ2) is 10.4. The minimum atomic E-state index is 0.229. The maximum absolute atomic E-state index is 5.88. The topological polar surface area (TPSA) is 33.7 Å². The number of aryl methyl sites for hydroxylation is 1. The van der Waals surface area contributed by atoms with E-state index < -0.39 is 0 Å². The summed E-state index contributed by atoms with van der Waals surface area (Å²) in [4.78, 5) is 2.20. The Morgan fingerprint density at radius 1 is 1.00 bits per heavy atom. The molecule has 1 heterocycles. The standard InChI is InChI=1S/C26H28N2O2S/c1-20-9-11-21(12-10-20)18-28(19-25-8-5-17-29-25)26(31)27-22-13-15-24(16-14-22)30-23-6-3-2-4-7-23/h2-4,6-7,9-16,25H,5,8,17-19H2,1H3,(H,27,31)/t25-/m1/s1. The Hall–Kier alpha value is -2.89. The van der Waals surface area contributed by atoms with Crippen molar-refractivity contribution in [2.45, 2.75) is 32.4 Å². The van der Waals surface area contributed by atoms with Crippen LogP contribution in [0.1, 0.15) is 24.0 Å². The van der Waals surface area contributed by atoms with E-state index in [0.717, 1.165) is 49.7 Å². The normalized spacial score (nSPS) is 15.5. The zero-order chi connectivity index (χ0) is 21.5. The third kappa shape index (κ3) is 6.29. The van der Waals surface area contributed by atoms with E-state index in [1.165, 1.54) is 11.1 Å².